The molecule has 0 heterocycles. The summed E-state index contributed by atoms with van der Waals surface area (Å²) in [5, 5.41) is 3.51. The second-order valence-corrected chi connectivity index (χ2v) is 5.51. The van der Waals surface area contributed by atoms with Crippen molar-refractivity contribution in [1.82, 2.24) is 15.1 Å². The molecule has 2 atom stereocenters. The van der Waals surface area contributed by atoms with Crippen LogP contribution in [0.2, 0.25) is 0 Å². The fraction of sp³-hybridized carbons (Fsp3) is 1.00. The number of rotatable bonds is 10. The third kappa shape index (κ3) is 8.58. The van der Waals surface area contributed by atoms with Gasteiger partial charge in [-0.15, -0.1) is 0 Å². The monoisotopic (exact) mass is 243 g/mol. The summed E-state index contributed by atoms with van der Waals surface area (Å²) in [6.45, 7) is 14.9. The summed E-state index contributed by atoms with van der Waals surface area (Å²) in [6.07, 6.45) is 1.22. The van der Waals surface area contributed by atoms with E-state index in [4.69, 9.17) is 0 Å². The number of likely N-dealkylation sites (N-methyl/N-ethyl adjacent to an activating group) is 2. The van der Waals surface area contributed by atoms with Gasteiger partial charge in [0, 0.05) is 19.1 Å². The van der Waals surface area contributed by atoms with Crippen molar-refractivity contribution < 1.29 is 0 Å². The zero-order valence-electron chi connectivity index (χ0n) is 12.8. The van der Waals surface area contributed by atoms with E-state index in [-0.39, 0.29) is 0 Å². The van der Waals surface area contributed by atoms with Gasteiger partial charge in [0.25, 0.3) is 0 Å². The van der Waals surface area contributed by atoms with Crippen molar-refractivity contribution in [1.29, 1.82) is 0 Å². The molecule has 0 spiro atoms. The number of hydrogen-bond acceptors (Lipinski definition) is 3. The summed E-state index contributed by atoms with van der Waals surface area (Å²) in [5.41, 5.74) is 0. The van der Waals surface area contributed by atoms with Gasteiger partial charge in [0.05, 0.1) is 0 Å². The van der Waals surface area contributed by atoms with Crippen LogP contribution in [0.5, 0.6) is 0 Å². The number of nitrogens with zero attached hydrogens (tertiary/aromatic N) is 2. The maximum absolute atomic E-state index is 3.51. The smallest absolute Gasteiger partial charge is 0.0194 e. The summed E-state index contributed by atoms with van der Waals surface area (Å²) >= 11 is 0. The average Bonchev–Trinajstić information content (AvgIpc) is 2.25. The molecule has 0 aliphatic heterocycles. The van der Waals surface area contributed by atoms with E-state index in [0.717, 1.165) is 32.1 Å². The predicted octanol–water partition coefficient (Wildman–Crippen LogP) is 1.89. The van der Waals surface area contributed by atoms with Crippen molar-refractivity contribution in [2.45, 2.75) is 40.2 Å². The van der Waals surface area contributed by atoms with Crippen LogP contribution in [0, 0.1) is 5.92 Å². The van der Waals surface area contributed by atoms with Crippen LogP contribution in [0.25, 0.3) is 0 Å². The second-order valence-electron chi connectivity index (χ2n) is 5.51. The van der Waals surface area contributed by atoms with Crippen molar-refractivity contribution in [3.63, 3.8) is 0 Å². The Balaban J connectivity index is 3.93. The van der Waals surface area contributed by atoms with Gasteiger partial charge in [0.15, 0.2) is 0 Å². The molecule has 0 fully saturated rings. The number of hydrogen-bond donors (Lipinski definition) is 1. The van der Waals surface area contributed by atoms with Crippen molar-refractivity contribution in [3.8, 4) is 0 Å². The van der Waals surface area contributed by atoms with Gasteiger partial charge in [-0.05, 0) is 53.0 Å². The van der Waals surface area contributed by atoms with E-state index in [1.54, 1.807) is 0 Å². The average molecular weight is 243 g/mol. The highest BCUT2D eigenvalue weighted by Gasteiger charge is 2.15. The SMILES string of the molecule is CCCNCC(C)CN(CC)C(C)CN(C)C. The molecule has 0 aromatic heterocycles. The third-order valence-corrected chi connectivity index (χ3v) is 3.12. The molecule has 17 heavy (non-hydrogen) atoms. The van der Waals surface area contributed by atoms with Crippen LogP contribution in [0.15, 0.2) is 0 Å². The lowest BCUT2D eigenvalue weighted by molar-refractivity contribution is 0.160. The van der Waals surface area contributed by atoms with E-state index in [1.807, 2.05) is 0 Å². The molecule has 0 saturated carbocycles. The largest absolute Gasteiger partial charge is 0.316 e. The fourth-order valence-corrected chi connectivity index (χ4v) is 2.25. The van der Waals surface area contributed by atoms with Gasteiger partial charge >= 0.3 is 0 Å². The second kappa shape index (κ2) is 9.86. The highest BCUT2D eigenvalue weighted by Crippen LogP contribution is 2.05. The van der Waals surface area contributed by atoms with Crippen LogP contribution < -0.4 is 5.32 Å². The maximum atomic E-state index is 3.51. The highest BCUT2D eigenvalue weighted by atomic mass is 15.2. The molecule has 3 nitrogen and oxygen atoms in total. The Morgan fingerprint density at radius 3 is 2.18 bits per heavy atom. The molecule has 3 heteroatoms. The van der Waals surface area contributed by atoms with E-state index >= 15 is 0 Å². The van der Waals surface area contributed by atoms with Gasteiger partial charge in [-0.1, -0.05) is 20.8 Å². The van der Waals surface area contributed by atoms with Crippen molar-refractivity contribution in [2.24, 2.45) is 5.92 Å². The molecule has 104 valence electrons. The van der Waals surface area contributed by atoms with Crippen LogP contribution in [0.3, 0.4) is 0 Å². The maximum Gasteiger partial charge on any atom is 0.0194 e. The minimum absolute atomic E-state index is 0.642. The summed E-state index contributed by atoms with van der Waals surface area (Å²) in [6, 6.07) is 0.642. The van der Waals surface area contributed by atoms with E-state index in [1.165, 1.54) is 13.0 Å². The van der Waals surface area contributed by atoms with Crippen LogP contribution in [-0.4, -0.2) is 62.7 Å². The molecule has 0 aromatic rings. The Labute approximate surface area is 109 Å². The fourth-order valence-electron chi connectivity index (χ4n) is 2.25. The Kier molecular flexibility index (Phi) is 9.79. The summed E-state index contributed by atoms with van der Waals surface area (Å²) < 4.78 is 0. The van der Waals surface area contributed by atoms with Gasteiger partial charge in [0.1, 0.15) is 0 Å². The zero-order chi connectivity index (χ0) is 13.3. The molecule has 0 saturated heterocycles. The van der Waals surface area contributed by atoms with E-state index in [9.17, 15) is 0 Å². The topological polar surface area (TPSA) is 18.5 Å². The highest BCUT2D eigenvalue weighted by molar-refractivity contribution is 4.71. The molecule has 2 unspecified atom stereocenters. The molecule has 0 rings (SSSR count). The lowest BCUT2D eigenvalue weighted by Gasteiger charge is -2.32. The molecule has 1 N–H and O–H groups in total. The Bertz CT molecular complexity index is 171. The standard InChI is InChI=1S/C14H33N3/c1-7-9-15-10-13(3)11-17(8-2)14(4)12-16(5)6/h13-15H,7-12H2,1-6H3. The molecular formula is C14H33N3. The third-order valence-electron chi connectivity index (χ3n) is 3.12. The van der Waals surface area contributed by atoms with Crippen LogP contribution in [-0.2, 0) is 0 Å². The first-order valence-corrected chi connectivity index (χ1v) is 7.10. The van der Waals surface area contributed by atoms with Crippen LogP contribution in [0.4, 0.5) is 0 Å². The predicted molar refractivity (Wildman–Crippen MR) is 77.6 cm³/mol. The molecule has 0 amide bonds. The lowest BCUT2D eigenvalue weighted by atomic mass is 10.1. The van der Waals surface area contributed by atoms with Crippen LogP contribution >= 0.6 is 0 Å². The van der Waals surface area contributed by atoms with Gasteiger partial charge in [-0.25, -0.2) is 0 Å². The summed E-state index contributed by atoms with van der Waals surface area (Å²) in [7, 11) is 4.30. The molecule has 0 aliphatic carbocycles. The molecule has 0 aliphatic rings. The Morgan fingerprint density at radius 2 is 1.71 bits per heavy atom. The van der Waals surface area contributed by atoms with E-state index in [0.29, 0.717) is 6.04 Å². The summed E-state index contributed by atoms with van der Waals surface area (Å²) in [4.78, 5) is 4.85. The summed E-state index contributed by atoms with van der Waals surface area (Å²) in [5.74, 6) is 0.728. The number of nitrogens with one attached hydrogen (secondary N) is 1. The zero-order valence-corrected chi connectivity index (χ0v) is 12.8. The first kappa shape index (κ1) is 16.9. The molecule has 0 aromatic carbocycles. The molecule has 0 bridgehead atoms. The van der Waals surface area contributed by atoms with Crippen molar-refractivity contribution in [2.75, 3.05) is 46.8 Å². The van der Waals surface area contributed by atoms with Gasteiger partial charge in [0.2, 0.25) is 0 Å². The first-order valence-electron chi connectivity index (χ1n) is 7.10. The van der Waals surface area contributed by atoms with E-state index in [2.05, 4.69) is 56.9 Å². The van der Waals surface area contributed by atoms with E-state index < -0.39 is 0 Å². The Morgan fingerprint density at radius 1 is 1.06 bits per heavy atom. The quantitative estimate of drug-likeness (QED) is 0.591. The molecule has 0 radical (unpaired) electrons. The van der Waals surface area contributed by atoms with Crippen molar-refractivity contribution >= 4 is 0 Å². The van der Waals surface area contributed by atoms with Gasteiger partial charge in [-0.2, -0.15) is 0 Å². The van der Waals surface area contributed by atoms with Gasteiger partial charge in [-0.3, -0.25) is 4.90 Å². The van der Waals surface area contributed by atoms with Crippen molar-refractivity contribution in [3.05, 3.63) is 0 Å². The molecular weight excluding hydrogens is 210 g/mol. The Hall–Kier alpha value is -0.120. The first-order chi connectivity index (χ1) is 8.01. The van der Waals surface area contributed by atoms with Gasteiger partial charge < -0.3 is 10.2 Å². The minimum Gasteiger partial charge on any atom is -0.316 e. The van der Waals surface area contributed by atoms with Crippen LogP contribution in [0.1, 0.15) is 34.1 Å². The lowest BCUT2D eigenvalue weighted by Crippen LogP contribution is -2.43. The minimum atomic E-state index is 0.642. The normalized spacial score (nSPS) is 15.5.